The molecule has 3 nitrogen and oxygen atoms in total. The van der Waals surface area contributed by atoms with Crippen LogP contribution in [0.2, 0.25) is 0 Å². The molecule has 0 radical (unpaired) electrons. The molecule has 0 saturated heterocycles. The lowest BCUT2D eigenvalue weighted by Crippen LogP contribution is -2.23. The van der Waals surface area contributed by atoms with Gasteiger partial charge < -0.3 is 10.2 Å². The van der Waals surface area contributed by atoms with Crippen molar-refractivity contribution in [2.24, 2.45) is 4.99 Å². The van der Waals surface area contributed by atoms with E-state index in [-0.39, 0.29) is 18.8 Å². The Morgan fingerprint density at radius 1 is 1.17 bits per heavy atom. The molecule has 68 valence electrons. The van der Waals surface area contributed by atoms with Gasteiger partial charge in [-0.3, -0.25) is 4.99 Å². The van der Waals surface area contributed by atoms with Gasteiger partial charge in [-0.2, -0.15) is 0 Å². The van der Waals surface area contributed by atoms with Gasteiger partial charge in [-0.1, -0.05) is 6.08 Å². The number of aliphatic hydroxyl groups excluding tert-OH is 2. The molecule has 0 spiro atoms. The second-order valence-electron chi connectivity index (χ2n) is 3.04. The standard InChI is InChI=1S/C9H15NO2/c11-7-2-4-9(5-8-12)3-1-6-10-9/h1,3,6,11-12H,2,4-5,7-8H2. The molecule has 0 aromatic carbocycles. The van der Waals surface area contributed by atoms with Gasteiger partial charge in [0.25, 0.3) is 0 Å². The largest absolute Gasteiger partial charge is 0.396 e. The van der Waals surface area contributed by atoms with Gasteiger partial charge in [0, 0.05) is 19.4 Å². The summed E-state index contributed by atoms with van der Waals surface area (Å²) in [6.07, 6.45) is 7.86. The minimum atomic E-state index is -0.225. The average Bonchev–Trinajstić information content (AvgIpc) is 2.51. The maximum atomic E-state index is 8.82. The number of rotatable bonds is 5. The second-order valence-corrected chi connectivity index (χ2v) is 3.04. The molecule has 1 rings (SSSR count). The summed E-state index contributed by atoms with van der Waals surface area (Å²) in [6.45, 7) is 0.337. The van der Waals surface area contributed by atoms with Crippen LogP contribution in [0.3, 0.4) is 0 Å². The highest BCUT2D eigenvalue weighted by Gasteiger charge is 2.26. The SMILES string of the molecule is OCCCC1(CCO)C=CC=N1. The number of hydrogen-bond donors (Lipinski definition) is 2. The fourth-order valence-corrected chi connectivity index (χ4v) is 1.46. The van der Waals surface area contributed by atoms with Gasteiger partial charge in [-0.05, 0) is 25.3 Å². The molecule has 1 atom stereocenters. The molecule has 0 aliphatic carbocycles. The predicted molar refractivity (Wildman–Crippen MR) is 48.4 cm³/mol. The van der Waals surface area contributed by atoms with Crippen LogP contribution in [0.25, 0.3) is 0 Å². The summed E-state index contributed by atoms with van der Waals surface area (Å²) in [5, 5.41) is 17.5. The predicted octanol–water partition coefficient (Wildman–Crippen LogP) is 0.521. The van der Waals surface area contributed by atoms with E-state index in [0.717, 1.165) is 12.8 Å². The van der Waals surface area contributed by atoms with E-state index in [1.165, 1.54) is 0 Å². The van der Waals surface area contributed by atoms with Crippen LogP contribution in [0, 0.1) is 0 Å². The Kier molecular flexibility index (Phi) is 3.44. The molecular formula is C9H15NO2. The van der Waals surface area contributed by atoms with Crippen molar-refractivity contribution < 1.29 is 10.2 Å². The normalized spacial score (nSPS) is 26.8. The third-order valence-corrected chi connectivity index (χ3v) is 2.14. The van der Waals surface area contributed by atoms with Crippen LogP contribution in [0.15, 0.2) is 17.1 Å². The van der Waals surface area contributed by atoms with E-state index in [0.29, 0.717) is 6.42 Å². The van der Waals surface area contributed by atoms with E-state index in [9.17, 15) is 0 Å². The Morgan fingerprint density at radius 2 is 2.00 bits per heavy atom. The molecular weight excluding hydrogens is 154 g/mol. The van der Waals surface area contributed by atoms with Crippen LogP contribution in [0.5, 0.6) is 0 Å². The Balaban J connectivity index is 2.48. The minimum Gasteiger partial charge on any atom is -0.396 e. The molecule has 1 heterocycles. The highest BCUT2D eigenvalue weighted by Crippen LogP contribution is 2.26. The topological polar surface area (TPSA) is 52.8 Å². The first kappa shape index (κ1) is 9.42. The quantitative estimate of drug-likeness (QED) is 0.630. The lowest BCUT2D eigenvalue weighted by Gasteiger charge is -2.22. The van der Waals surface area contributed by atoms with Gasteiger partial charge in [-0.25, -0.2) is 0 Å². The zero-order valence-electron chi connectivity index (χ0n) is 7.11. The molecule has 12 heavy (non-hydrogen) atoms. The Labute approximate surface area is 72.4 Å². The summed E-state index contributed by atoms with van der Waals surface area (Å²) >= 11 is 0. The van der Waals surface area contributed by atoms with Crippen LogP contribution >= 0.6 is 0 Å². The van der Waals surface area contributed by atoms with Crippen molar-refractivity contribution in [1.82, 2.24) is 0 Å². The van der Waals surface area contributed by atoms with Crippen molar-refractivity contribution in [3.8, 4) is 0 Å². The minimum absolute atomic E-state index is 0.146. The fourth-order valence-electron chi connectivity index (χ4n) is 1.46. The molecule has 0 amide bonds. The van der Waals surface area contributed by atoms with Crippen molar-refractivity contribution >= 4 is 6.21 Å². The highest BCUT2D eigenvalue weighted by molar-refractivity contribution is 5.75. The summed E-state index contributed by atoms with van der Waals surface area (Å²) in [7, 11) is 0. The van der Waals surface area contributed by atoms with Crippen LogP contribution in [0.1, 0.15) is 19.3 Å². The van der Waals surface area contributed by atoms with Gasteiger partial charge in [0.15, 0.2) is 0 Å². The molecule has 0 fully saturated rings. The molecule has 1 aliphatic rings. The summed E-state index contributed by atoms with van der Waals surface area (Å²) in [4.78, 5) is 4.29. The van der Waals surface area contributed by atoms with Gasteiger partial charge in [0.2, 0.25) is 0 Å². The molecule has 2 N–H and O–H groups in total. The Morgan fingerprint density at radius 3 is 2.50 bits per heavy atom. The van der Waals surface area contributed by atoms with Crippen LogP contribution in [-0.4, -0.2) is 35.2 Å². The Bertz CT molecular complexity index is 175. The second kappa shape index (κ2) is 4.38. The van der Waals surface area contributed by atoms with Crippen molar-refractivity contribution in [1.29, 1.82) is 0 Å². The first-order chi connectivity index (χ1) is 5.83. The highest BCUT2D eigenvalue weighted by atomic mass is 16.3. The molecule has 1 aliphatic heterocycles. The summed E-state index contributed by atoms with van der Waals surface area (Å²) < 4.78 is 0. The van der Waals surface area contributed by atoms with E-state index in [2.05, 4.69) is 4.99 Å². The first-order valence-electron chi connectivity index (χ1n) is 4.28. The number of nitrogens with zero attached hydrogens (tertiary/aromatic N) is 1. The molecule has 0 bridgehead atoms. The third kappa shape index (κ3) is 2.16. The first-order valence-corrected chi connectivity index (χ1v) is 4.28. The van der Waals surface area contributed by atoms with E-state index in [4.69, 9.17) is 10.2 Å². The van der Waals surface area contributed by atoms with E-state index >= 15 is 0 Å². The average molecular weight is 169 g/mol. The maximum absolute atomic E-state index is 8.82. The number of hydrogen-bond acceptors (Lipinski definition) is 3. The molecule has 3 heteroatoms. The molecule has 0 aromatic heterocycles. The summed E-state index contributed by atoms with van der Waals surface area (Å²) in [5.41, 5.74) is -0.225. The van der Waals surface area contributed by atoms with Crippen LogP contribution in [0.4, 0.5) is 0 Å². The molecule has 0 aromatic rings. The van der Waals surface area contributed by atoms with E-state index in [1.807, 2.05) is 12.2 Å². The van der Waals surface area contributed by atoms with Gasteiger partial charge in [0.1, 0.15) is 0 Å². The van der Waals surface area contributed by atoms with Gasteiger partial charge >= 0.3 is 0 Å². The summed E-state index contributed by atoms with van der Waals surface area (Å²) in [5.74, 6) is 0. The zero-order chi connectivity index (χ0) is 8.86. The van der Waals surface area contributed by atoms with E-state index < -0.39 is 0 Å². The Hall–Kier alpha value is -0.670. The van der Waals surface area contributed by atoms with Gasteiger partial charge in [-0.15, -0.1) is 0 Å². The summed E-state index contributed by atoms with van der Waals surface area (Å²) in [6, 6.07) is 0. The van der Waals surface area contributed by atoms with Crippen molar-refractivity contribution in [3.63, 3.8) is 0 Å². The lowest BCUT2D eigenvalue weighted by molar-refractivity contribution is 0.235. The number of allylic oxidation sites excluding steroid dienone is 1. The number of aliphatic imine (C=N–C) groups is 1. The van der Waals surface area contributed by atoms with Crippen molar-refractivity contribution in [3.05, 3.63) is 12.2 Å². The van der Waals surface area contributed by atoms with Crippen molar-refractivity contribution in [2.45, 2.75) is 24.8 Å². The maximum Gasteiger partial charge on any atom is 0.0813 e. The number of aliphatic hydroxyl groups is 2. The third-order valence-electron chi connectivity index (χ3n) is 2.14. The van der Waals surface area contributed by atoms with Gasteiger partial charge in [0.05, 0.1) is 5.54 Å². The lowest BCUT2D eigenvalue weighted by atomic mass is 9.91. The zero-order valence-corrected chi connectivity index (χ0v) is 7.11. The van der Waals surface area contributed by atoms with Crippen LogP contribution < -0.4 is 0 Å². The van der Waals surface area contributed by atoms with Crippen LogP contribution in [-0.2, 0) is 0 Å². The van der Waals surface area contributed by atoms with Crippen molar-refractivity contribution in [2.75, 3.05) is 13.2 Å². The molecule has 1 unspecified atom stereocenters. The van der Waals surface area contributed by atoms with E-state index in [1.54, 1.807) is 6.21 Å². The monoisotopic (exact) mass is 169 g/mol. The smallest absolute Gasteiger partial charge is 0.0813 e. The fraction of sp³-hybridized carbons (Fsp3) is 0.667. The molecule has 0 saturated carbocycles.